The van der Waals surface area contributed by atoms with Gasteiger partial charge in [-0.25, -0.2) is 13.8 Å². The van der Waals surface area contributed by atoms with Crippen molar-refractivity contribution in [3.05, 3.63) is 47.0 Å². The first-order valence-electron chi connectivity index (χ1n) is 6.77. The fraction of sp³-hybridized carbons (Fsp3) is 0.357. The number of hydrogen-bond acceptors (Lipinski definition) is 3. The Labute approximate surface area is 119 Å². The van der Waals surface area contributed by atoms with E-state index < -0.39 is 17.5 Å². The smallest absolute Gasteiger partial charge is 0.290 e. The van der Waals surface area contributed by atoms with Gasteiger partial charge in [-0.2, -0.15) is 0 Å². The number of amides is 1. The van der Waals surface area contributed by atoms with E-state index in [2.05, 4.69) is 20.5 Å². The summed E-state index contributed by atoms with van der Waals surface area (Å²) in [4.78, 5) is 15.9. The van der Waals surface area contributed by atoms with E-state index >= 15 is 0 Å². The molecule has 110 valence electrons. The minimum absolute atomic E-state index is 0.0994. The molecule has 0 unspecified atom stereocenters. The van der Waals surface area contributed by atoms with E-state index in [1.54, 1.807) is 0 Å². The van der Waals surface area contributed by atoms with Crippen molar-refractivity contribution in [2.24, 2.45) is 0 Å². The highest BCUT2D eigenvalue weighted by atomic mass is 19.1. The topological polar surface area (TPSA) is 70.7 Å². The van der Waals surface area contributed by atoms with Gasteiger partial charge in [0.1, 0.15) is 17.5 Å². The van der Waals surface area contributed by atoms with Gasteiger partial charge in [0.25, 0.3) is 5.91 Å². The van der Waals surface area contributed by atoms with Crippen LogP contribution in [0.2, 0.25) is 0 Å². The number of aromatic nitrogens is 3. The molecule has 21 heavy (non-hydrogen) atoms. The second-order valence-corrected chi connectivity index (χ2v) is 5.10. The summed E-state index contributed by atoms with van der Waals surface area (Å²) >= 11 is 0. The van der Waals surface area contributed by atoms with Crippen LogP contribution in [-0.4, -0.2) is 27.6 Å². The molecule has 1 heterocycles. The van der Waals surface area contributed by atoms with Crippen molar-refractivity contribution in [3.8, 4) is 0 Å². The molecule has 1 aromatic heterocycles. The third-order valence-electron chi connectivity index (χ3n) is 3.29. The number of nitrogens with one attached hydrogen (secondary N) is 2. The van der Waals surface area contributed by atoms with Crippen LogP contribution >= 0.6 is 0 Å². The molecule has 2 N–H and O–H groups in total. The van der Waals surface area contributed by atoms with E-state index in [0.29, 0.717) is 17.9 Å². The molecular weight excluding hydrogens is 278 g/mol. The highest BCUT2D eigenvalue weighted by molar-refractivity contribution is 5.90. The Morgan fingerprint density at radius 2 is 2.00 bits per heavy atom. The summed E-state index contributed by atoms with van der Waals surface area (Å²) in [6.45, 7) is 0.259. The second kappa shape index (κ2) is 5.59. The largest absolute Gasteiger partial charge is 0.349 e. The SMILES string of the molecule is O=C(NCCc1cc(F)cc(F)c1)c1n[nH]c(C2CC2)n1. The number of rotatable bonds is 5. The highest BCUT2D eigenvalue weighted by Crippen LogP contribution is 2.37. The van der Waals surface area contributed by atoms with Crippen LogP contribution < -0.4 is 5.32 Å². The number of aromatic amines is 1. The molecule has 1 amide bonds. The third-order valence-corrected chi connectivity index (χ3v) is 3.29. The predicted molar refractivity (Wildman–Crippen MR) is 70.8 cm³/mol. The molecule has 1 fully saturated rings. The monoisotopic (exact) mass is 292 g/mol. The minimum Gasteiger partial charge on any atom is -0.349 e. The van der Waals surface area contributed by atoms with Gasteiger partial charge in [-0.3, -0.25) is 9.89 Å². The van der Waals surface area contributed by atoms with Crippen LogP contribution in [0.25, 0.3) is 0 Å². The van der Waals surface area contributed by atoms with Gasteiger partial charge < -0.3 is 5.32 Å². The number of hydrogen-bond donors (Lipinski definition) is 2. The molecular formula is C14H14F2N4O. The molecule has 7 heteroatoms. The first-order valence-corrected chi connectivity index (χ1v) is 6.77. The van der Waals surface area contributed by atoms with Crippen LogP contribution in [0.15, 0.2) is 18.2 Å². The summed E-state index contributed by atoms with van der Waals surface area (Å²) in [6.07, 6.45) is 2.48. The Hall–Kier alpha value is -2.31. The van der Waals surface area contributed by atoms with Crippen LogP contribution in [0.1, 0.15) is 40.8 Å². The van der Waals surface area contributed by atoms with Crippen LogP contribution in [0, 0.1) is 11.6 Å². The summed E-state index contributed by atoms with van der Waals surface area (Å²) in [6, 6.07) is 3.30. The summed E-state index contributed by atoms with van der Waals surface area (Å²) in [7, 11) is 0. The van der Waals surface area contributed by atoms with Crippen molar-refractivity contribution >= 4 is 5.91 Å². The normalized spacial score (nSPS) is 14.2. The lowest BCUT2D eigenvalue weighted by molar-refractivity contribution is 0.0944. The fourth-order valence-electron chi connectivity index (χ4n) is 2.07. The van der Waals surface area contributed by atoms with Crippen molar-refractivity contribution in [1.82, 2.24) is 20.5 Å². The third kappa shape index (κ3) is 3.42. The maximum Gasteiger partial charge on any atom is 0.290 e. The standard InChI is InChI=1S/C14H14F2N4O/c15-10-5-8(6-11(16)7-10)3-4-17-14(21)13-18-12(19-20-13)9-1-2-9/h5-7,9H,1-4H2,(H,17,21)(H,18,19,20). The molecule has 5 nitrogen and oxygen atoms in total. The zero-order chi connectivity index (χ0) is 14.8. The maximum absolute atomic E-state index is 13.0. The quantitative estimate of drug-likeness (QED) is 0.884. The molecule has 0 spiro atoms. The van der Waals surface area contributed by atoms with Crippen LogP contribution in [0.4, 0.5) is 8.78 Å². The molecule has 0 bridgehead atoms. The summed E-state index contributed by atoms with van der Waals surface area (Å²) in [5, 5.41) is 9.24. The second-order valence-electron chi connectivity index (χ2n) is 5.10. The molecule has 0 aliphatic heterocycles. The average Bonchev–Trinajstić information content (AvgIpc) is 3.15. The van der Waals surface area contributed by atoms with Crippen LogP contribution in [0.5, 0.6) is 0 Å². The molecule has 1 saturated carbocycles. The molecule has 1 aliphatic carbocycles. The minimum atomic E-state index is -0.626. The Morgan fingerprint density at radius 1 is 1.29 bits per heavy atom. The summed E-state index contributed by atoms with van der Waals surface area (Å²) in [5.41, 5.74) is 0.487. The summed E-state index contributed by atoms with van der Waals surface area (Å²) < 4.78 is 26.0. The average molecular weight is 292 g/mol. The number of nitrogens with zero attached hydrogens (tertiary/aromatic N) is 2. The Kier molecular flexibility index (Phi) is 3.64. The molecule has 2 aromatic rings. The maximum atomic E-state index is 13.0. The van der Waals surface area contributed by atoms with Gasteiger partial charge in [0.15, 0.2) is 0 Å². The van der Waals surface area contributed by atoms with Gasteiger partial charge in [0.05, 0.1) is 0 Å². The summed E-state index contributed by atoms with van der Waals surface area (Å²) in [5.74, 6) is -0.405. The zero-order valence-electron chi connectivity index (χ0n) is 11.2. The number of benzene rings is 1. The lowest BCUT2D eigenvalue weighted by Gasteiger charge is -2.03. The van der Waals surface area contributed by atoms with Gasteiger partial charge in [0.2, 0.25) is 5.82 Å². The van der Waals surface area contributed by atoms with Crippen molar-refractivity contribution in [2.45, 2.75) is 25.2 Å². The van der Waals surface area contributed by atoms with E-state index in [1.807, 2.05) is 0 Å². The number of carbonyl (C=O) groups excluding carboxylic acids is 1. The van der Waals surface area contributed by atoms with E-state index in [1.165, 1.54) is 12.1 Å². The molecule has 0 saturated heterocycles. The van der Waals surface area contributed by atoms with Crippen molar-refractivity contribution in [3.63, 3.8) is 0 Å². The lowest BCUT2D eigenvalue weighted by atomic mass is 10.1. The first kappa shape index (κ1) is 13.7. The van der Waals surface area contributed by atoms with Gasteiger partial charge >= 0.3 is 0 Å². The predicted octanol–water partition coefficient (Wildman–Crippen LogP) is 1.93. The van der Waals surface area contributed by atoms with Crippen molar-refractivity contribution in [2.75, 3.05) is 6.54 Å². The van der Waals surface area contributed by atoms with Gasteiger partial charge in [0, 0.05) is 18.5 Å². The number of halogens is 2. The van der Waals surface area contributed by atoms with E-state index in [0.717, 1.165) is 24.7 Å². The highest BCUT2D eigenvalue weighted by Gasteiger charge is 2.28. The zero-order valence-corrected chi connectivity index (χ0v) is 11.2. The van der Waals surface area contributed by atoms with Crippen molar-refractivity contribution in [1.29, 1.82) is 0 Å². The van der Waals surface area contributed by atoms with Gasteiger partial charge in [-0.05, 0) is 37.0 Å². The molecule has 3 rings (SSSR count). The molecule has 0 atom stereocenters. The van der Waals surface area contributed by atoms with E-state index in [-0.39, 0.29) is 12.4 Å². The van der Waals surface area contributed by atoms with E-state index in [9.17, 15) is 13.6 Å². The van der Waals surface area contributed by atoms with Gasteiger partial charge in [-0.1, -0.05) is 0 Å². The van der Waals surface area contributed by atoms with Crippen molar-refractivity contribution < 1.29 is 13.6 Å². The van der Waals surface area contributed by atoms with Crippen LogP contribution in [-0.2, 0) is 6.42 Å². The van der Waals surface area contributed by atoms with Crippen LogP contribution in [0.3, 0.4) is 0 Å². The lowest BCUT2D eigenvalue weighted by Crippen LogP contribution is -2.26. The Morgan fingerprint density at radius 3 is 2.67 bits per heavy atom. The molecule has 0 radical (unpaired) electrons. The Balaban J connectivity index is 1.53. The Bertz CT molecular complexity index is 646. The fourth-order valence-corrected chi connectivity index (χ4v) is 2.07. The molecule has 1 aliphatic rings. The number of H-pyrrole nitrogens is 1. The van der Waals surface area contributed by atoms with Gasteiger partial charge in [-0.15, -0.1) is 5.10 Å². The first-order chi connectivity index (χ1) is 10.1. The van der Waals surface area contributed by atoms with E-state index in [4.69, 9.17) is 0 Å². The number of carbonyl (C=O) groups is 1. The molecule has 1 aromatic carbocycles.